The van der Waals surface area contributed by atoms with Crippen molar-refractivity contribution in [1.29, 1.82) is 5.26 Å². The molecule has 0 aliphatic heterocycles. The molecule has 0 aliphatic rings. The topological polar surface area (TPSA) is 69.9 Å². The fraction of sp³-hybridized carbons (Fsp3) is 0.455. The Hall–Kier alpha value is -1.67. The summed E-state index contributed by atoms with van der Waals surface area (Å²) in [6, 6.07) is 3.43. The molecule has 17 heavy (non-hydrogen) atoms. The minimum atomic E-state index is -0.264. The Kier molecular flexibility index (Phi) is 4.41. The molecule has 0 saturated heterocycles. The number of hydrogen-bond donors (Lipinski definition) is 0. The molecule has 0 aliphatic carbocycles. The number of nitrogens with zero attached hydrogens (tertiary/aromatic N) is 4. The number of carbonyl (C=O) groups excluding carboxylic acids is 1. The van der Waals surface area contributed by atoms with Gasteiger partial charge in [-0.25, -0.2) is 9.97 Å². The maximum absolute atomic E-state index is 12.0. The molecule has 1 unspecified atom stereocenters. The summed E-state index contributed by atoms with van der Waals surface area (Å²) in [6.45, 7) is 3.54. The van der Waals surface area contributed by atoms with Crippen LogP contribution in [0.4, 0.5) is 0 Å². The summed E-state index contributed by atoms with van der Waals surface area (Å²) in [6.07, 6.45) is 0.278. The zero-order valence-electron chi connectivity index (χ0n) is 9.94. The van der Waals surface area contributed by atoms with Gasteiger partial charge in [0.1, 0.15) is 5.69 Å². The number of carbonyl (C=O) groups is 1. The van der Waals surface area contributed by atoms with Crippen LogP contribution in [0.2, 0.25) is 5.28 Å². The van der Waals surface area contributed by atoms with Crippen molar-refractivity contribution in [2.75, 3.05) is 7.05 Å². The number of amides is 1. The predicted octanol–water partition coefficient (Wildman–Crippen LogP) is 1.81. The SMILES string of the molecule is Cc1cc(C(=O)N(C)C(C)CC#N)nc(Cl)n1. The van der Waals surface area contributed by atoms with Crippen molar-refractivity contribution in [2.24, 2.45) is 0 Å². The summed E-state index contributed by atoms with van der Waals surface area (Å²) in [7, 11) is 1.63. The van der Waals surface area contributed by atoms with E-state index in [1.165, 1.54) is 4.90 Å². The van der Waals surface area contributed by atoms with Crippen LogP contribution in [0.3, 0.4) is 0 Å². The van der Waals surface area contributed by atoms with Crippen molar-refractivity contribution >= 4 is 17.5 Å². The van der Waals surface area contributed by atoms with E-state index in [4.69, 9.17) is 16.9 Å². The Morgan fingerprint density at radius 3 is 2.82 bits per heavy atom. The smallest absolute Gasteiger partial charge is 0.272 e. The van der Waals surface area contributed by atoms with Crippen LogP contribution in [0.1, 0.15) is 29.5 Å². The highest BCUT2D eigenvalue weighted by atomic mass is 35.5. The van der Waals surface area contributed by atoms with Gasteiger partial charge in [0, 0.05) is 18.8 Å². The highest BCUT2D eigenvalue weighted by Gasteiger charge is 2.19. The van der Waals surface area contributed by atoms with Gasteiger partial charge < -0.3 is 4.90 Å². The minimum absolute atomic E-state index is 0.0506. The van der Waals surface area contributed by atoms with Crippen LogP contribution in [-0.2, 0) is 0 Å². The van der Waals surface area contributed by atoms with Crippen LogP contribution in [0, 0.1) is 18.3 Å². The number of aromatic nitrogens is 2. The van der Waals surface area contributed by atoms with Gasteiger partial charge in [-0.3, -0.25) is 4.79 Å². The van der Waals surface area contributed by atoms with E-state index in [1.54, 1.807) is 27.0 Å². The first kappa shape index (κ1) is 13.4. The van der Waals surface area contributed by atoms with Gasteiger partial charge >= 0.3 is 0 Å². The number of aryl methyl sites for hydroxylation is 1. The molecule has 0 spiro atoms. The van der Waals surface area contributed by atoms with Gasteiger partial charge in [0.2, 0.25) is 5.28 Å². The van der Waals surface area contributed by atoms with E-state index in [0.717, 1.165) is 0 Å². The Balaban J connectivity index is 2.93. The third-order valence-corrected chi connectivity index (χ3v) is 2.58. The fourth-order valence-electron chi connectivity index (χ4n) is 1.29. The lowest BCUT2D eigenvalue weighted by molar-refractivity contribution is 0.0740. The molecule has 1 amide bonds. The third-order valence-electron chi connectivity index (χ3n) is 2.41. The van der Waals surface area contributed by atoms with Crippen molar-refractivity contribution in [1.82, 2.24) is 14.9 Å². The summed E-state index contributed by atoms with van der Waals surface area (Å²) in [4.78, 5) is 21.3. The Morgan fingerprint density at radius 1 is 1.65 bits per heavy atom. The van der Waals surface area contributed by atoms with Gasteiger partial charge in [0.25, 0.3) is 5.91 Å². The molecule has 1 aromatic heterocycles. The molecule has 1 heterocycles. The second-order valence-corrected chi connectivity index (χ2v) is 4.13. The lowest BCUT2D eigenvalue weighted by atomic mass is 10.2. The predicted molar refractivity (Wildman–Crippen MR) is 63.6 cm³/mol. The third kappa shape index (κ3) is 3.40. The molecule has 90 valence electrons. The van der Waals surface area contributed by atoms with E-state index in [1.807, 2.05) is 6.07 Å². The summed E-state index contributed by atoms with van der Waals surface area (Å²) in [5.41, 5.74) is 0.879. The number of hydrogen-bond acceptors (Lipinski definition) is 4. The standard InChI is InChI=1S/C11H13ClN4O/c1-7-6-9(15-11(12)14-7)10(17)16(3)8(2)4-5-13/h6,8H,4H2,1-3H3. The largest absolute Gasteiger partial charge is 0.337 e. The van der Waals surface area contributed by atoms with E-state index in [-0.39, 0.29) is 29.3 Å². The second kappa shape index (κ2) is 5.60. The van der Waals surface area contributed by atoms with E-state index in [2.05, 4.69) is 9.97 Å². The second-order valence-electron chi connectivity index (χ2n) is 3.79. The Labute approximate surface area is 105 Å². The highest BCUT2D eigenvalue weighted by molar-refractivity contribution is 6.28. The van der Waals surface area contributed by atoms with E-state index < -0.39 is 0 Å². The molecule has 0 N–H and O–H groups in total. The normalized spacial score (nSPS) is 11.7. The molecular weight excluding hydrogens is 240 g/mol. The Morgan fingerprint density at radius 2 is 2.29 bits per heavy atom. The number of rotatable bonds is 3. The van der Waals surface area contributed by atoms with E-state index in [9.17, 15) is 4.79 Å². The van der Waals surface area contributed by atoms with Crippen molar-refractivity contribution in [3.05, 3.63) is 22.7 Å². The zero-order valence-corrected chi connectivity index (χ0v) is 10.7. The quantitative estimate of drug-likeness (QED) is 0.770. The first-order valence-corrected chi connectivity index (χ1v) is 5.48. The maximum Gasteiger partial charge on any atom is 0.272 e. The summed E-state index contributed by atoms with van der Waals surface area (Å²) in [5.74, 6) is -0.264. The van der Waals surface area contributed by atoms with Crippen LogP contribution in [0.25, 0.3) is 0 Å². The van der Waals surface area contributed by atoms with Gasteiger partial charge in [-0.15, -0.1) is 0 Å². The van der Waals surface area contributed by atoms with Crippen LogP contribution < -0.4 is 0 Å². The molecule has 5 nitrogen and oxygen atoms in total. The first-order chi connectivity index (χ1) is 7.95. The zero-order chi connectivity index (χ0) is 13.0. The molecule has 6 heteroatoms. The molecule has 1 aromatic rings. The van der Waals surface area contributed by atoms with Gasteiger partial charge in [0.15, 0.2) is 0 Å². The van der Waals surface area contributed by atoms with Crippen LogP contribution in [-0.4, -0.2) is 33.9 Å². The highest BCUT2D eigenvalue weighted by Crippen LogP contribution is 2.10. The lowest BCUT2D eigenvalue weighted by Crippen LogP contribution is -2.35. The maximum atomic E-state index is 12.0. The Bertz CT molecular complexity index is 449. The number of halogens is 1. The van der Waals surface area contributed by atoms with Crippen molar-refractivity contribution < 1.29 is 4.79 Å². The van der Waals surface area contributed by atoms with Crippen molar-refractivity contribution in [3.8, 4) is 6.07 Å². The van der Waals surface area contributed by atoms with Gasteiger partial charge in [0.05, 0.1) is 12.5 Å². The van der Waals surface area contributed by atoms with E-state index >= 15 is 0 Å². The summed E-state index contributed by atoms with van der Waals surface area (Å²) < 4.78 is 0. The van der Waals surface area contributed by atoms with E-state index in [0.29, 0.717) is 5.69 Å². The average Bonchev–Trinajstić information content (AvgIpc) is 2.26. The monoisotopic (exact) mass is 252 g/mol. The number of nitriles is 1. The fourth-order valence-corrected chi connectivity index (χ4v) is 1.52. The summed E-state index contributed by atoms with van der Waals surface area (Å²) in [5, 5.41) is 8.64. The molecule has 0 fully saturated rings. The molecule has 0 bridgehead atoms. The molecule has 1 rings (SSSR count). The molecule has 0 saturated carbocycles. The molecule has 1 atom stereocenters. The molecule has 0 radical (unpaired) electrons. The van der Waals surface area contributed by atoms with Gasteiger partial charge in [-0.05, 0) is 31.5 Å². The summed E-state index contributed by atoms with van der Waals surface area (Å²) >= 11 is 5.69. The van der Waals surface area contributed by atoms with Crippen molar-refractivity contribution in [3.63, 3.8) is 0 Å². The molecular formula is C11H13ClN4O. The van der Waals surface area contributed by atoms with Gasteiger partial charge in [-0.1, -0.05) is 0 Å². The first-order valence-electron chi connectivity index (χ1n) is 5.11. The van der Waals surface area contributed by atoms with Crippen LogP contribution in [0.5, 0.6) is 0 Å². The molecule has 0 aromatic carbocycles. The van der Waals surface area contributed by atoms with Crippen LogP contribution >= 0.6 is 11.6 Å². The van der Waals surface area contributed by atoms with Gasteiger partial charge in [-0.2, -0.15) is 5.26 Å². The lowest BCUT2D eigenvalue weighted by Gasteiger charge is -2.22. The average molecular weight is 253 g/mol. The minimum Gasteiger partial charge on any atom is -0.337 e. The van der Waals surface area contributed by atoms with Crippen LogP contribution in [0.15, 0.2) is 6.07 Å². The van der Waals surface area contributed by atoms with Crippen molar-refractivity contribution in [2.45, 2.75) is 26.3 Å².